The molecule has 100 valence electrons. The molecule has 0 aliphatic carbocycles. The minimum absolute atomic E-state index is 0.230. The van der Waals surface area contributed by atoms with Crippen molar-refractivity contribution in [3.05, 3.63) is 58.0 Å². The van der Waals surface area contributed by atoms with Gasteiger partial charge in [0.05, 0.1) is 17.2 Å². The van der Waals surface area contributed by atoms with Crippen LogP contribution in [0.25, 0.3) is 0 Å². The lowest BCUT2D eigenvalue weighted by molar-refractivity contribution is -0.386. The largest absolute Gasteiger partial charge is 0.467 e. The summed E-state index contributed by atoms with van der Waals surface area (Å²) in [6.45, 7) is 1.66. The Labute approximate surface area is 107 Å². The average molecular weight is 268 g/mol. The summed E-state index contributed by atoms with van der Waals surface area (Å²) in [6.07, 6.45) is 1.44. The Morgan fingerprint density at radius 3 is 2.74 bits per heavy atom. The summed E-state index contributed by atoms with van der Waals surface area (Å²) in [5, 5.41) is 13.5. The van der Waals surface area contributed by atoms with Gasteiger partial charge in [-0.1, -0.05) is 0 Å². The van der Waals surface area contributed by atoms with Gasteiger partial charge in [0, 0.05) is 12.1 Å². The molecule has 19 heavy (non-hydrogen) atoms. The van der Waals surface area contributed by atoms with Crippen molar-refractivity contribution in [3.63, 3.8) is 0 Å². The predicted octanol–water partition coefficient (Wildman–Crippen LogP) is 3.64. The molecular weight excluding hydrogens is 258 g/mol. The maximum atomic E-state index is 13.4. The van der Waals surface area contributed by atoms with E-state index < -0.39 is 28.3 Å². The number of nitrogens with zero attached hydrogens (tertiary/aromatic N) is 1. The quantitative estimate of drug-likeness (QED) is 0.679. The lowest BCUT2D eigenvalue weighted by atomic mass is 10.2. The minimum Gasteiger partial charge on any atom is -0.467 e. The summed E-state index contributed by atoms with van der Waals surface area (Å²) in [4.78, 5) is 9.90. The second kappa shape index (κ2) is 5.05. The number of halogens is 2. The van der Waals surface area contributed by atoms with Gasteiger partial charge in [0.25, 0.3) is 0 Å². The zero-order valence-electron chi connectivity index (χ0n) is 9.89. The number of nitrogens with one attached hydrogen (secondary N) is 1. The smallest absolute Gasteiger partial charge is 0.327 e. The molecule has 2 aromatic rings. The molecule has 0 aliphatic heterocycles. The first kappa shape index (κ1) is 13.0. The lowest BCUT2D eigenvalue weighted by Crippen LogP contribution is -2.09. The number of furan rings is 1. The average Bonchev–Trinajstić information content (AvgIpc) is 2.80. The molecular formula is C12H10F2N2O3. The number of benzene rings is 1. The molecule has 0 bridgehead atoms. The molecule has 0 amide bonds. The third-order valence-electron chi connectivity index (χ3n) is 2.55. The molecule has 2 rings (SSSR count). The van der Waals surface area contributed by atoms with Gasteiger partial charge in [-0.25, -0.2) is 4.39 Å². The summed E-state index contributed by atoms with van der Waals surface area (Å²) in [7, 11) is 0. The molecule has 7 heteroatoms. The van der Waals surface area contributed by atoms with Crippen LogP contribution < -0.4 is 5.32 Å². The van der Waals surface area contributed by atoms with Crippen molar-refractivity contribution >= 4 is 11.4 Å². The molecule has 0 radical (unpaired) electrons. The standard InChI is InChI=1S/C12H10F2N2O3/c1-7(11-3-2-4-19-11)15-10-6-8(13)5-9(14)12(10)16(17)18/h2-7,15H,1H3. The normalized spacial score (nSPS) is 12.2. The van der Waals surface area contributed by atoms with Crippen LogP contribution in [0.3, 0.4) is 0 Å². The Bertz CT molecular complexity index is 599. The van der Waals surface area contributed by atoms with E-state index in [0.717, 1.165) is 6.07 Å². The number of hydrogen-bond acceptors (Lipinski definition) is 4. The Balaban J connectivity index is 2.36. The van der Waals surface area contributed by atoms with E-state index in [0.29, 0.717) is 11.8 Å². The van der Waals surface area contributed by atoms with Crippen LogP contribution in [0.2, 0.25) is 0 Å². The van der Waals surface area contributed by atoms with E-state index in [1.165, 1.54) is 6.26 Å². The maximum Gasteiger partial charge on any atom is 0.327 e. The number of nitro groups is 1. The Hall–Kier alpha value is -2.44. The van der Waals surface area contributed by atoms with E-state index >= 15 is 0 Å². The Kier molecular flexibility index (Phi) is 3.46. The van der Waals surface area contributed by atoms with Gasteiger partial charge in [0.2, 0.25) is 5.82 Å². The van der Waals surface area contributed by atoms with Crippen LogP contribution in [-0.4, -0.2) is 4.92 Å². The van der Waals surface area contributed by atoms with E-state index in [9.17, 15) is 18.9 Å². The molecule has 0 saturated heterocycles. The molecule has 0 saturated carbocycles. The molecule has 1 unspecified atom stereocenters. The van der Waals surface area contributed by atoms with Crippen molar-refractivity contribution in [2.75, 3.05) is 5.32 Å². The third kappa shape index (κ3) is 2.70. The highest BCUT2D eigenvalue weighted by atomic mass is 19.1. The molecule has 1 aromatic carbocycles. The Morgan fingerprint density at radius 2 is 2.16 bits per heavy atom. The van der Waals surface area contributed by atoms with Crippen molar-refractivity contribution in [1.82, 2.24) is 0 Å². The van der Waals surface area contributed by atoms with Crippen LogP contribution in [0, 0.1) is 21.7 Å². The third-order valence-corrected chi connectivity index (χ3v) is 2.55. The lowest BCUT2D eigenvalue weighted by Gasteiger charge is -2.13. The van der Waals surface area contributed by atoms with Crippen molar-refractivity contribution in [2.24, 2.45) is 0 Å². The summed E-state index contributed by atoms with van der Waals surface area (Å²) in [5.74, 6) is -1.62. The number of hydrogen-bond donors (Lipinski definition) is 1. The monoisotopic (exact) mass is 268 g/mol. The highest BCUT2D eigenvalue weighted by Gasteiger charge is 2.23. The Morgan fingerprint density at radius 1 is 1.42 bits per heavy atom. The topological polar surface area (TPSA) is 68.3 Å². The van der Waals surface area contributed by atoms with Gasteiger partial charge in [0.1, 0.15) is 17.3 Å². The zero-order chi connectivity index (χ0) is 14.0. The predicted molar refractivity (Wildman–Crippen MR) is 63.8 cm³/mol. The summed E-state index contributed by atoms with van der Waals surface area (Å²) < 4.78 is 31.7. The summed E-state index contributed by atoms with van der Waals surface area (Å²) in [6, 6.07) is 4.18. The van der Waals surface area contributed by atoms with Crippen molar-refractivity contribution in [1.29, 1.82) is 0 Å². The molecule has 0 aliphatic rings. The molecule has 0 spiro atoms. The first-order valence-corrected chi connectivity index (χ1v) is 5.42. The molecule has 1 aromatic heterocycles. The fourth-order valence-corrected chi connectivity index (χ4v) is 1.70. The maximum absolute atomic E-state index is 13.4. The second-order valence-electron chi connectivity index (χ2n) is 3.92. The first-order valence-electron chi connectivity index (χ1n) is 5.42. The number of anilines is 1. The van der Waals surface area contributed by atoms with Gasteiger partial charge in [-0.3, -0.25) is 10.1 Å². The van der Waals surface area contributed by atoms with Crippen LogP contribution in [0.4, 0.5) is 20.2 Å². The number of nitro benzene ring substituents is 1. The first-order chi connectivity index (χ1) is 8.99. The van der Waals surface area contributed by atoms with E-state index in [1.807, 2.05) is 0 Å². The van der Waals surface area contributed by atoms with Crippen LogP contribution in [0.1, 0.15) is 18.7 Å². The van der Waals surface area contributed by atoms with Crippen molar-refractivity contribution in [3.8, 4) is 0 Å². The fraction of sp³-hybridized carbons (Fsp3) is 0.167. The van der Waals surface area contributed by atoms with Crippen molar-refractivity contribution in [2.45, 2.75) is 13.0 Å². The van der Waals surface area contributed by atoms with Gasteiger partial charge in [0.15, 0.2) is 0 Å². The van der Waals surface area contributed by atoms with Crippen LogP contribution in [0.15, 0.2) is 34.9 Å². The van der Waals surface area contributed by atoms with Gasteiger partial charge in [-0.2, -0.15) is 4.39 Å². The molecule has 1 heterocycles. The van der Waals surface area contributed by atoms with E-state index in [4.69, 9.17) is 4.42 Å². The van der Waals surface area contributed by atoms with Crippen LogP contribution in [-0.2, 0) is 0 Å². The zero-order valence-corrected chi connectivity index (χ0v) is 9.89. The SMILES string of the molecule is CC(Nc1cc(F)cc(F)c1[N+](=O)[O-])c1ccco1. The van der Waals surface area contributed by atoms with Crippen molar-refractivity contribution < 1.29 is 18.1 Å². The highest BCUT2D eigenvalue weighted by Crippen LogP contribution is 2.31. The molecule has 1 N–H and O–H groups in total. The van der Waals surface area contributed by atoms with Gasteiger partial charge in [-0.15, -0.1) is 0 Å². The van der Waals surface area contributed by atoms with Crippen LogP contribution in [0.5, 0.6) is 0 Å². The molecule has 5 nitrogen and oxygen atoms in total. The van der Waals surface area contributed by atoms with E-state index in [2.05, 4.69) is 5.32 Å². The van der Waals surface area contributed by atoms with Crippen LogP contribution >= 0.6 is 0 Å². The minimum atomic E-state index is -1.22. The summed E-state index contributed by atoms with van der Waals surface area (Å²) in [5.41, 5.74) is -1.02. The highest BCUT2D eigenvalue weighted by molar-refractivity contribution is 5.62. The fourth-order valence-electron chi connectivity index (χ4n) is 1.70. The van der Waals surface area contributed by atoms with Gasteiger partial charge >= 0.3 is 5.69 Å². The molecule has 1 atom stereocenters. The van der Waals surface area contributed by atoms with E-state index in [-0.39, 0.29) is 5.69 Å². The summed E-state index contributed by atoms with van der Waals surface area (Å²) >= 11 is 0. The van der Waals surface area contributed by atoms with Gasteiger partial charge in [-0.05, 0) is 19.1 Å². The second-order valence-corrected chi connectivity index (χ2v) is 3.92. The molecule has 0 fully saturated rings. The van der Waals surface area contributed by atoms with E-state index in [1.54, 1.807) is 19.1 Å². The van der Waals surface area contributed by atoms with Gasteiger partial charge < -0.3 is 9.73 Å². The number of rotatable bonds is 4.